The van der Waals surface area contributed by atoms with Crippen molar-refractivity contribution in [2.45, 2.75) is 39.7 Å². The molecule has 0 amide bonds. The van der Waals surface area contributed by atoms with Gasteiger partial charge in [0, 0.05) is 22.1 Å². The van der Waals surface area contributed by atoms with Crippen LogP contribution in [0.5, 0.6) is 5.75 Å². The van der Waals surface area contributed by atoms with Crippen molar-refractivity contribution >= 4 is 27.1 Å². The van der Waals surface area contributed by atoms with Crippen molar-refractivity contribution in [2.24, 2.45) is 15.4 Å². The molecule has 4 nitrogen and oxygen atoms in total. The Hall–Kier alpha value is -3.75. The SMILES string of the molecule is CC#C[C@@H](CC1=NN=NC1)c1ccc(OCc2cc(C)c3scc(-c4ccccc4C)c3c2)cc1. The summed E-state index contributed by atoms with van der Waals surface area (Å²) in [5.74, 6) is 7.27. The number of hydrogen-bond acceptors (Lipinski definition) is 5. The second kappa shape index (κ2) is 10.2. The van der Waals surface area contributed by atoms with Crippen LogP contribution in [0.2, 0.25) is 0 Å². The lowest BCUT2D eigenvalue weighted by Gasteiger charge is -2.13. The molecule has 0 saturated carbocycles. The van der Waals surface area contributed by atoms with Gasteiger partial charge in [-0.2, -0.15) is 5.11 Å². The number of rotatable bonds is 7. The molecular formula is C30H27N3OS. The van der Waals surface area contributed by atoms with Crippen LogP contribution in [-0.2, 0) is 6.61 Å². The summed E-state index contributed by atoms with van der Waals surface area (Å²) in [5, 5.41) is 15.4. The van der Waals surface area contributed by atoms with Gasteiger partial charge < -0.3 is 4.74 Å². The van der Waals surface area contributed by atoms with Gasteiger partial charge in [0.25, 0.3) is 0 Å². The maximum absolute atomic E-state index is 6.18. The Kier molecular flexibility index (Phi) is 6.74. The fraction of sp³-hybridized carbons (Fsp3) is 0.233. The standard InChI is InChI=1S/C30H27N3OS/c1-4-7-24(16-25-17-31-33-32-25)23-10-12-26(13-11-23)34-18-22-14-21(3)30-28(15-22)29(19-35-30)27-9-6-5-8-20(27)2/h5-6,8-15,19,24H,16-18H2,1-3H3/t24-/m0/s1. The molecule has 1 atom stereocenters. The third-order valence-electron chi connectivity index (χ3n) is 6.30. The Labute approximate surface area is 210 Å². The summed E-state index contributed by atoms with van der Waals surface area (Å²) in [6.45, 7) is 7.32. The Bertz CT molecular complexity index is 1490. The number of nitrogens with zero attached hydrogens (tertiary/aromatic N) is 3. The van der Waals surface area contributed by atoms with Crippen LogP contribution < -0.4 is 4.74 Å². The molecule has 4 aromatic rings. The highest BCUT2D eigenvalue weighted by atomic mass is 32.1. The second-order valence-corrected chi connectivity index (χ2v) is 9.70. The first-order valence-electron chi connectivity index (χ1n) is 11.8. The summed E-state index contributed by atoms with van der Waals surface area (Å²) in [4.78, 5) is 0. The van der Waals surface area contributed by atoms with E-state index in [2.05, 4.69) is 95.0 Å². The molecular weight excluding hydrogens is 450 g/mol. The number of thiophene rings is 1. The molecule has 2 heterocycles. The van der Waals surface area contributed by atoms with Gasteiger partial charge in [-0.05, 0) is 77.4 Å². The average Bonchev–Trinajstić information content (AvgIpc) is 3.54. The predicted octanol–water partition coefficient (Wildman–Crippen LogP) is 8.08. The second-order valence-electron chi connectivity index (χ2n) is 8.82. The van der Waals surface area contributed by atoms with Gasteiger partial charge in [-0.15, -0.1) is 22.4 Å². The van der Waals surface area contributed by atoms with Crippen molar-refractivity contribution < 1.29 is 4.74 Å². The van der Waals surface area contributed by atoms with E-state index in [-0.39, 0.29) is 5.92 Å². The minimum absolute atomic E-state index is 0.0832. The molecule has 1 aromatic heterocycles. The molecule has 0 N–H and O–H groups in total. The first-order valence-corrected chi connectivity index (χ1v) is 12.6. The summed E-state index contributed by atoms with van der Waals surface area (Å²) in [6, 6.07) is 21.3. The van der Waals surface area contributed by atoms with Gasteiger partial charge in [-0.3, -0.25) is 0 Å². The van der Waals surface area contributed by atoms with Crippen molar-refractivity contribution in [1.82, 2.24) is 0 Å². The zero-order chi connectivity index (χ0) is 24.2. The van der Waals surface area contributed by atoms with Crippen LogP contribution >= 0.6 is 11.3 Å². The van der Waals surface area contributed by atoms with Crippen LogP contribution in [0.3, 0.4) is 0 Å². The van der Waals surface area contributed by atoms with Gasteiger partial charge in [0.15, 0.2) is 0 Å². The molecule has 0 bridgehead atoms. The van der Waals surface area contributed by atoms with E-state index in [4.69, 9.17) is 4.74 Å². The Morgan fingerprint density at radius 3 is 2.57 bits per heavy atom. The van der Waals surface area contributed by atoms with Crippen LogP contribution in [0, 0.1) is 25.7 Å². The lowest BCUT2D eigenvalue weighted by molar-refractivity contribution is 0.306. The summed E-state index contributed by atoms with van der Waals surface area (Å²) in [7, 11) is 0. The molecule has 0 radical (unpaired) electrons. The molecule has 5 heteroatoms. The van der Waals surface area contributed by atoms with Crippen molar-refractivity contribution in [3.05, 3.63) is 88.3 Å². The molecule has 0 unspecified atom stereocenters. The lowest BCUT2D eigenvalue weighted by Crippen LogP contribution is -2.07. The maximum atomic E-state index is 6.18. The fourth-order valence-corrected chi connectivity index (χ4v) is 5.55. The van der Waals surface area contributed by atoms with E-state index in [1.54, 1.807) is 0 Å². The Morgan fingerprint density at radius 1 is 1.00 bits per heavy atom. The molecule has 35 heavy (non-hydrogen) atoms. The Morgan fingerprint density at radius 2 is 1.83 bits per heavy atom. The van der Waals surface area contributed by atoms with Crippen LogP contribution in [0.4, 0.5) is 0 Å². The third-order valence-corrected chi connectivity index (χ3v) is 7.43. The Balaban J connectivity index is 1.33. The molecule has 1 aliphatic rings. The zero-order valence-corrected chi connectivity index (χ0v) is 21.0. The van der Waals surface area contributed by atoms with Crippen molar-refractivity contribution in [3.8, 4) is 28.7 Å². The van der Waals surface area contributed by atoms with Gasteiger partial charge in [-0.25, -0.2) is 0 Å². The average molecular weight is 478 g/mol. The fourth-order valence-electron chi connectivity index (χ4n) is 4.52. The first-order chi connectivity index (χ1) is 17.1. The smallest absolute Gasteiger partial charge is 0.119 e. The van der Waals surface area contributed by atoms with Crippen LogP contribution in [-0.4, -0.2) is 12.3 Å². The van der Waals surface area contributed by atoms with Crippen molar-refractivity contribution in [3.63, 3.8) is 0 Å². The maximum Gasteiger partial charge on any atom is 0.119 e. The highest BCUT2D eigenvalue weighted by molar-refractivity contribution is 7.18. The van der Waals surface area contributed by atoms with E-state index in [0.29, 0.717) is 13.2 Å². The van der Waals surface area contributed by atoms with E-state index in [1.807, 2.05) is 30.4 Å². The monoisotopic (exact) mass is 477 g/mol. The number of aryl methyl sites for hydroxylation is 2. The quantitative estimate of drug-likeness (QED) is 0.248. The van der Waals surface area contributed by atoms with Crippen LogP contribution in [0.25, 0.3) is 21.2 Å². The number of benzene rings is 3. The van der Waals surface area contributed by atoms with Gasteiger partial charge in [0.1, 0.15) is 18.9 Å². The highest BCUT2D eigenvalue weighted by Gasteiger charge is 2.15. The summed E-state index contributed by atoms with van der Waals surface area (Å²) in [5.41, 5.74) is 8.48. The van der Waals surface area contributed by atoms with Crippen LogP contribution in [0.1, 0.15) is 41.5 Å². The molecule has 0 spiro atoms. The van der Waals surface area contributed by atoms with Gasteiger partial charge in [0.2, 0.25) is 0 Å². The van der Waals surface area contributed by atoms with E-state index < -0.39 is 0 Å². The van der Waals surface area contributed by atoms with Gasteiger partial charge in [0.05, 0.1) is 11.6 Å². The largest absolute Gasteiger partial charge is 0.489 e. The summed E-state index contributed by atoms with van der Waals surface area (Å²) in [6.07, 6.45) is 0.747. The molecule has 3 aromatic carbocycles. The molecule has 0 fully saturated rings. The molecule has 0 aliphatic carbocycles. The van der Waals surface area contributed by atoms with Gasteiger partial charge in [-0.1, -0.05) is 48.4 Å². The molecule has 0 saturated heterocycles. The van der Waals surface area contributed by atoms with Crippen LogP contribution in [0.15, 0.2) is 81.5 Å². The summed E-state index contributed by atoms with van der Waals surface area (Å²) < 4.78 is 7.52. The third kappa shape index (κ3) is 5.03. The van der Waals surface area contributed by atoms with Crippen molar-refractivity contribution in [2.75, 3.05) is 6.54 Å². The zero-order valence-electron chi connectivity index (χ0n) is 20.2. The van der Waals surface area contributed by atoms with E-state index >= 15 is 0 Å². The minimum Gasteiger partial charge on any atom is -0.489 e. The molecule has 1 aliphatic heterocycles. The summed E-state index contributed by atoms with van der Waals surface area (Å²) >= 11 is 1.81. The highest BCUT2D eigenvalue weighted by Crippen LogP contribution is 2.38. The van der Waals surface area contributed by atoms with Crippen molar-refractivity contribution in [1.29, 1.82) is 0 Å². The normalized spacial score (nSPS) is 13.4. The molecule has 5 rings (SSSR count). The van der Waals surface area contributed by atoms with Gasteiger partial charge >= 0.3 is 0 Å². The topological polar surface area (TPSA) is 46.3 Å². The first kappa shape index (κ1) is 23.0. The minimum atomic E-state index is 0.0832. The number of ether oxygens (including phenoxy) is 1. The number of hydrogen-bond donors (Lipinski definition) is 0. The van der Waals surface area contributed by atoms with E-state index in [9.17, 15) is 0 Å². The van der Waals surface area contributed by atoms with E-state index in [1.165, 1.54) is 37.9 Å². The lowest BCUT2D eigenvalue weighted by atomic mass is 9.94. The number of fused-ring (bicyclic) bond motifs is 1. The van der Waals surface area contributed by atoms with E-state index in [0.717, 1.165) is 23.4 Å². The molecule has 174 valence electrons. The predicted molar refractivity (Wildman–Crippen MR) is 145 cm³/mol.